The van der Waals surface area contributed by atoms with Gasteiger partial charge in [0.25, 0.3) is 0 Å². The normalized spacial score (nSPS) is 10.8. The van der Waals surface area contributed by atoms with Gasteiger partial charge in [-0.15, -0.1) is 11.3 Å². The number of ether oxygens (including phenoxy) is 1. The average Bonchev–Trinajstić information content (AvgIpc) is 3.20. The Bertz CT molecular complexity index is 790. The van der Waals surface area contributed by atoms with Gasteiger partial charge in [-0.05, 0) is 19.1 Å². The first-order valence-corrected chi connectivity index (χ1v) is 7.92. The third kappa shape index (κ3) is 3.08. The quantitative estimate of drug-likeness (QED) is 0.722. The molecule has 5 nitrogen and oxygen atoms in total. The molecule has 0 aliphatic carbocycles. The van der Waals surface area contributed by atoms with Crippen LogP contribution in [0.15, 0.2) is 36.9 Å². The van der Waals surface area contributed by atoms with Crippen molar-refractivity contribution < 1.29 is 9.53 Å². The number of nitrogens with zero attached hydrogens (tertiary/aromatic N) is 2. The van der Waals surface area contributed by atoms with Crippen LogP contribution in [0.5, 0.6) is 0 Å². The molecule has 3 aromatic heterocycles. The van der Waals surface area contributed by atoms with Crippen LogP contribution < -0.4 is 0 Å². The van der Waals surface area contributed by atoms with Gasteiger partial charge in [0, 0.05) is 35.2 Å². The average molecular weight is 336 g/mol. The van der Waals surface area contributed by atoms with Crippen molar-refractivity contribution in [1.29, 1.82) is 0 Å². The van der Waals surface area contributed by atoms with E-state index in [4.69, 9.17) is 16.3 Å². The van der Waals surface area contributed by atoms with Crippen molar-refractivity contribution in [3.8, 4) is 10.4 Å². The number of hydrogen-bond donors (Lipinski definition) is 1. The van der Waals surface area contributed by atoms with Crippen LogP contribution in [0.3, 0.4) is 0 Å². The number of carbonyl (C=O) groups excluding carboxylic acids is 1. The molecule has 7 heteroatoms. The maximum absolute atomic E-state index is 12.2. The first-order valence-electron chi connectivity index (χ1n) is 6.72. The van der Waals surface area contributed by atoms with Crippen LogP contribution in [0.2, 0.25) is 4.34 Å². The number of rotatable bonds is 5. The number of H-pyrrole nitrogens is 1. The Balaban J connectivity index is 1.66. The number of hydrogen-bond acceptors (Lipinski definition) is 4. The van der Waals surface area contributed by atoms with E-state index in [2.05, 4.69) is 9.97 Å². The molecule has 3 heterocycles. The Morgan fingerprint density at radius 1 is 1.45 bits per heavy atom. The summed E-state index contributed by atoms with van der Waals surface area (Å²) in [7, 11) is 0. The highest BCUT2D eigenvalue weighted by Gasteiger charge is 2.16. The summed E-state index contributed by atoms with van der Waals surface area (Å²) in [4.78, 5) is 20.2. The summed E-state index contributed by atoms with van der Waals surface area (Å²) in [6, 6.07) is 3.70. The molecule has 3 aromatic rings. The van der Waals surface area contributed by atoms with Crippen molar-refractivity contribution in [2.45, 2.75) is 13.5 Å². The maximum Gasteiger partial charge on any atom is 0.340 e. The van der Waals surface area contributed by atoms with E-state index < -0.39 is 0 Å². The molecule has 0 spiro atoms. The smallest absolute Gasteiger partial charge is 0.340 e. The second kappa shape index (κ2) is 6.37. The zero-order valence-electron chi connectivity index (χ0n) is 11.9. The molecule has 0 aromatic carbocycles. The van der Waals surface area contributed by atoms with Crippen LogP contribution >= 0.6 is 22.9 Å². The number of aromatic nitrogens is 3. The van der Waals surface area contributed by atoms with Gasteiger partial charge in [-0.25, -0.2) is 9.78 Å². The third-order valence-corrected chi connectivity index (χ3v) is 4.56. The number of aromatic amines is 1. The Morgan fingerprint density at radius 2 is 2.32 bits per heavy atom. The largest absolute Gasteiger partial charge is 0.460 e. The zero-order valence-corrected chi connectivity index (χ0v) is 13.4. The molecule has 0 saturated heterocycles. The molecule has 0 amide bonds. The molecular weight excluding hydrogens is 322 g/mol. The minimum Gasteiger partial charge on any atom is -0.460 e. The van der Waals surface area contributed by atoms with Gasteiger partial charge in [0.15, 0.2) is 0 Å². The Labute approximate surface area is 136 Å². The van der Waals surface area contributed by atoms with E-state index in [1.807, 2.05) is 29.8 Å². The monoisotopic (exact) mass is 335 g/mol. The van der Waals surface area contributed by atoms with Gasteiger partial charge in [-0.2, -0.15) is 0 Å². The summed E-state index contributed by atoms with van der Waals surface area (Å²) < 4.78 is 7.97. The molecule has 3 rings (SSSR count). The fourth-order valence-corrected chi connectivity index (χ4v) is 3.22. The molecule has 0 aliphatic heterocycles. The van der Waals surface area contributed by atoms with Crippen LogP contribution in [-0.4, -0.2) is 27.1 Å². The van der Waals surface area contributed by atoms with Crippen molar-refractivity contribution in [2.24, 2.45) is 0 Å². The summed E-state index contributed by atoms with van der Waals surface area (Å²) in [5.74, 6) is 0.546. The van der Waals surface area contributed by atoms with Crippen LogP contribution in [0, 0.1) is 6.92 Å². The molecule has 0 radical (unpaired) electrons. The van der Waals surface area contributed by atoms with E-state index in [0.29, 0.717) is 23.1 Å². The molecule has 22 heavy (non-hydrogen) atoms. The van der Waals surface area contributed by atoms with Crippen molar-refractivity contribution in [3.05, 3.63) is 52.6 Å². The lowest BCUT2D eigenvalue weighted by Gasteiger charge is -2.07. The number of halogens is 1. The minimum absolute atomic E-state index is 0.297. The molecule has 0 fully saturated rings. The minimum atomic E-state index is -0.349. The van der Waals surface area contributed by atoms with Crippen LogP contribution in [0.1, 0.15) is 16.2 Å². The highest BCUT2D eigenvalue weighted by molar-refractivity contribution is 7.19. The van der Waals surface area contributed by atoms with Crippen LogP contribution in [0.4, 0.5) is 0 Å². The van der Waals surface area contributed by atoms with Crippen molar-refractivity contribution in [2.75, 3.05) is 6.61 Å². The van der Waals surface area contributed by atoms with Gasteiger partial charge >= 0.3 is 5.97 Å². The zero-order chi connectivity index (χ0) is 15.5. The molecule has 0 atom stereocenters. The Kier molecular flexibility index (Phi) is 4.31. The molecule has 114 valence electrons. The first-order chi connectivity index (χ1) is 10.6. The standard InChI is InChI=1S/C15H14ClN3O2S/c1-10-18-4-5-19(10)6-7-21-15(20)12-9-17-8-11(12)13-2-3-14(16)22-13/h2-5,8-9,17H,6-7H2,1H3. The van der Waals surface area contributed by atoms with Gasteiger partial charge in [-0.1, -0.05) is 11.6 Å². The van der Waals surface area contributed by atoms with Crippen molar-refractivity contribution in [3.63, 3.8) is 0 Å². The van der Waals surface area contributed by atoms with Crippen LogP contribution in [-0.2, 0) is 11.3 Å². The number of imidazole rings is 1. The molecular formula is C15H14ClN3O2S. The predicted octanol–water partition coefficient (Wildman–Crippen LogP) is 3.76. The fourth-order valence-electron chi connectivity index (χ4n) is 2.15. The molecule has 0 unspecified atom stereocenters. The Morgan fingerprint density at radius 3 is 3.00 bits per heavy atom. The molecule has 0 aliphatic rings. The predicted molar refractivity (Wildman–Crippen MR) is 86.4 cm³/mol. The fraction of sp³-hybridized carbons (Fsp3) is 0.200. The number of nitrogens with one attached hydrogen (secondary N) is 1. The molecule has 1 N–H and O–H groups in total. The first kappa shape index (κ1) is 14.9. The van der Waals surface area contributed by atoms with E-state index in [-0.39, 0.29) is 5.97 Å². The summed E-state index contributed by atoms with van der Waals surface area (Å²) in [5, 5.41) is 0. The molecule has 0 bridgehead atoms. The topological polar surface area (TPSA) is 59.9 Å². The molecule has 0 saturated carbocycles. The van der Waals surface area contributed by atoms with E-state index in [0.717, 1.165) is 16.3 Å². The highest BCUT2D eigenvalue weighted by Crippen LogP contribution is 2.33. The van der Waals surface area contributed by atoms with Gasteiger partial charge in [0.05, 0.1) is 16.4 Å². The number of esters is 1. The SMILES string of the molecule is Cc1nccn1CCOC(=O)c1c[nH]cc1-c1ccc(Cl)s1. The van der Waals surface area contributed by atoms with Crippen molar-refractivity contribution >= 4 is 28.9 Å². The lowest BCUT2D eigenvalue weighted by Crippen LogP contribution is -2.12. The lowest BCUT2D eigenvalue weighted by molar-refractivity contribution is 0.0492. The summed E-state index contributed by atoms with van der Waals surface area (Å²) in [6.45, 7) is 2.79. The second-order valence-electron chi connectivity index (χ2n) is 4.69. The van der Waals surface area contributed by atoms with Gasteiger partial charge in [0.2, 0.25) is 0 Å². The van der Waals surface area contributed by atoms with E-state index in [9.17, 15) is 4.79 Å². The van der Waals surface area contributed by atoms with E-state index >= 15 is 0 Å². The maximum atomic E-state index is 12.2. The second-order valence-corrected chi connectivity index (χ2v) is 6.41. The van der Waals surface area contributed by atoms with E-state index in [1.165, 1.54) is 11.3 Å². The summed E-state index contributed by atoms with van der Waals surface area (Å²) in [5.41, 5.74) is 1.32. The number of thiophene rings is 1. The highest BCUT2D eigenvalue weighted by atomic mass is 35.5. The number of aryl methyl sites for hydroxylation is 1. The Hall–Kier alpha value is -2.05. The van der Waals surface area contributed by atoms with Gasteiger partial charge in [0.1, 0.15) is 12.4 Å². The number of carbonyl (C=O) groups is 1. The van der Waals surface area contributed by atoms with Crippen molar-refractivity contribution in [1.82, 2.24) is 14.5 Å². The van der Waals surface area contributed by atoms with Gasteiger partial charge in [-0.3, -0.25) is 0 Å². The lowest BCUT2D eigenvalue weighted by atomic mass is 10.2. The van der Waals surface area contributed by atoms with Crippen LogP contribution in [0.25, 0.3) is 10.4 Å². The summed E-state index contributed by atoms with van der Waals surface area (Å²) in [6.07, 6.45) is 7.01. The van der Waals surface area contributed by atoms with E-state index in [1.54, 1.807) is 18.6 Å². The van der Waals surface area contributed by atoms with Gasteiger partial charge < -0.3 is 14.3 Å². The summed E-state index contributed by atoms with van der Waals surface area (Å²) >= 11 is 7.37. The third-order valence-electron chi connectivity index (χ3n) is 3.29.